The van der Waals surface area contributed by atoms with Gasteiger partial charge in [-0.1, -0.05) is 140 Å². The normalized spacial score (nSPS) is 11.5. The van der Waals surface area contributed by atoms with Crippen LogP contribution in [0, 0.1) is 0 Å². The minimum atomic E-state index is 1.12. The Morgan fingerprint density at radius 2 is 0.769 bits per heavy atom. The Hall–Kier alpha value is -6.48. The lowest BCUT2D eigenvalue weighted by Gasteiger charge is -2.27. The van der Waals surface area contributed by atoms with E-state index in [9.17, 15) is 0 Å². The number of benzene rings is 9. The van der Waals surface area contributed by atoms with E-state index in [0.717, 1.165) is 11.4 Å². The standard InChI is InChI=1S/C50H33NS/c1-3-12-34(13-4-1)38-24-28-49-46(31-38)47-32-39(25-29-50(47)52-49)37-16-11-15-36(30-37)35-22-26-42(27-23-35)51(41-17-5-2-6-18-41)48-33-40-14-7-8-19-43(40)44-20-9-10-21-45(44)48/h1-33H. The molecule has 10 rings (SSSR count). The fraction of sp³-hybridized carbons (Fsp3) is 0. The Balaban J connectivity index is 1.03. The first-order valence-corrected chi connectivity index (χ1v) is 18.6. The number of nitrogens with zero attached hydrogens (tertiary/aromatic N) is 1. The van der Waals surface area contributed by atoms with Crippen molar-refractivity contribution in [1.29, 1.82) is 0 Å². The second kappa shape index (κ2) is 12.7. The van der Waals surface area contributed by atoms with Crippen molar-refractivity contribution in [3.05, 3.63) is 200 Å². The zero-order valence-corrected chi connectivity index (χ0v) is 29.2. The smallest absolute Gasteiger partial charge is 0.0546 e. The fourth-order valence-electron chi connectivity index (χ4n) is 7.67. The first-order valence-electron chi connectivity index (χ1n) is 17.8. The predicted octanol–water partition coefficient (Wildman–Crippen LogP) is 14.8. The molecule has 0 N–H and O–H groups in total. The molecule has 0 unspecified atom stereocenters. The third-order valence-electron chi connectivity index (χ3n) is 10.2. The minimum Gasteiger partial charge on any atom is -0.310 e. The molecule has 9 aromatic carbocycles. The van der Waals surface area contributed by atoms with Crippen LogP contribution in [0.5, 0.6) is 0 Å². The molecule has 0 fully saturated rings. The van der Waals surface area contributed by atoms with Crippen molar-refractivity contribution in [3.63, 3.8) is 0 Å². The van der Waals surface area contributed by atoms with Gasteiger partial charge in [-0.25, -0.2) is 0 Å². The van der Waals surface area contributed by atoms with Crippen molar-refractivity contribution < 1.29 is 0 Å². The molecule has 2 heteroatoms. The van der Waals surface area contributed by atoms with Crippen molar-refractivity contribution in [2.24, 2.45) is 0 Å². The number of thiophene rings is 1. The van der Waals surface area contributed by atoms with E-state index in [1.54, 1.807) is 0 Å². The largest absolute Gasteiger partial charge is 0.310 e. The Kier molecular flexibility index (Phi) is 7.41. The summed E-state index contributed by atoms with van der Waals surface area (Å²) in [4.78, 5) is 2.39. The van der Waals surface area contributed by atoms with Crippen LogP contribution in [-0.4, -0.2) is 0 Å². The van der Waals surface area contributed by atoms with Crippen molar-refractivity contribution >= 4 is 70.1 Å². The number of anilines is 3. The first kappa shape index (κ1) is 30.4. The fourth-order valence-corrected chi connectivity index (χ4v) is 8.74. The summed E-state index contributed by atoms with van der Waals surface area (Å²) in [5, 5.41) is 7.62. The van der Waals surface area contributed by atoms with Gasteiger partial charge in [-0.2, -0.15) is 0 Å². The summed E-state index contributed by atoms with van der Waals surface area (Å²) in [5.74, 6) is 0. The molecule has 244 valence electrons. The molecule has 0 aliphatic heterocycles. The number of hydrogen-bond donors (Lipinski definition) is 0. The average molecular weight is 680 g/mol. The molecule has 10 aromatic rings. The lowest BCUT2D eigenvalue weighted by atomic mass is 9.97. The van der Waals surface area contributed by atoms with E-state index in [2.05, 4.69) is 205 Å². The first-order chi connectivity index (χ1) is 25.8. The minimum absolute atomic E-state index is 1.12. The van der Waals surface area contributed by atoms with Gasteiger partial charge in [0, 0.05) is 36.9 Å². The summed E-state index contributed by atoms with van der Waals surface area (Å²) >= 11 is 1.87. The second-order valence-electron chi connectivity index (χ2n) is 13.4. The molecule has 0 bridgehead atoms. The Morgan fingerprint density at radius 1 is 0.288 bits per heavy atom. The predicted molar refractivity (Wildman–Crippen MR) is 225 cm³/mol. The van der Waals surface area contributed by atoms with Gasteiger partial charge < -0.3 is 4.90 Å². The SMILES string of the molecule is c1ccc(-c2ccc3sc4ccc(-c5cccc(-c6ccc(N(c7ccccc7)c7cc8ccccc8c8ccccc78)cc6)c5)cc4c3c2)cc1. The molecular weight excluding hydrogens is 647 g/mol. The molecule has 0 spiro atoms. The molecule has 1 nitrogen and oxygen atoms in total. The van der Waals surface area contributed by atoms with Gasteiger partial charge in [0.15, 0.2) is 0 Å². The topological polar surface area (TPSA) is 3.24 Å². The molecule has 0 atom stereocenters. The van der Waals surface area contributed by atoms with E-state index in [0.29, 0.717) is 0 Å². The van der Waals surface area contributed by atoms with E-state index in [4.69, 9.17) is 0 Å². The highest BCUT2D eigenvalue weighted by Gasteiger charge is 2.17. The maximum absolute atomic E-state index is 2.39. The van der Waals surface area contributed by atoms with Gasteiger partial charge in [0.2, 0.25) is 0 Å². The molecule has 0 saturated carbocycles. The van der Waals surface area contributed by atoms with Crippen LogP contribution in [0.2, 0.25) is 0 Å². The summed E-state index contributed by atoms with van der Waals surface area (Å²) in [6, 6.07) is 72.9. The zero-order valence-electron chi connectivity index (χ0n) is 28.4. The molecular formula is C50H33NS. The van der Waals surface area contributed by atoms with Crippen molar-refractivity contribution in [2.45, 2.75) is 0 Å². The molecule has 0 aliphatic rings. The third-order valence-corrected chi connectivity index (χ3v) is 11.4. The van der Waals surface area contributed by atoms with Crippen LogP contribution in [0.4, 0.5) is 17.1 Å². The van der Waals surface area contributed by atoms with E-state index >= 15 is 0 Å². The number of fused-ring (bicyclic) bond motifs is 6. The lowest BCUT2D eigenvalue weighted by Crippen LogP contribution is -2.10. The number of rotatable bonds is 6. The zero-order chi connectivity index (χ0) is 34.4. The maximum atomic E-state index is 2.39. The van der Waals surface area contributed by atoms with Crippen LogP contribution < -0.4 is 4.90 Å². The average Bonchev–Trinajstić information content (AvgIpc) is 3.59. The van der Waals surface area contributed by atoms with Gasteiger partial charge in [-0.15, -0.1) is 11.3 Å². The maximum Gasteiger partial charge on any atom is 0.0546 e. The molecule has 0 aliphatic carbocycles. The van der Waals surface area contributed by atoms with Crippen molar-refractivity contribution in [3.8, 4) is 33.4 Å². The Labute approximate surface area is 307 Å². The summed E-state index contributed by atoms with van der Waals surface area (Å²) in [6.07, 6.45) is 0. The van der Waals surface area contributed by atoms with Gasteiger partial charge in [-0.3, -0.25) is 0 Å². The van der Waals surface area contributed by atoms with E-state index in [1.165, 1.54) is 80.8 Å². The molecule has 1 aromatic heterocycles. The quantitative estimate of drug-likeness (QED) is 0.158. The third kappa shape index (κ3) is 5.33. The van der Waals surface area contributed by atoms with Gasteiger partial charge in [0.1, 0.15) is 0 Å². The van der Waals surface area contributed by atoms with Crippen molar-refractivity contribution in [2.75, 3.05) is 4.90 Å². The van der Waals surface area contributed by atoms with E-state index in [-0.39, 0.29) is 0 Å². The van der Waals surface area contributed by atoms with E-state index in [1.807, 2.05) is 11.3 Å². The summed E-state index contributed by atoms with van der Waals surface area (Å²) in [5.41, 5.74) is 10.8. The summed E-state index contributed by atoms with van der Waals surface area (Å²) in [6.45, 7) is 0. The molecule has 52 heavy (non-hydrogen) atoms. The molecule has 1 heterocycles. The number of hydrogen-bond acceptors (Lipinski definition) is 2. The van der Waals surface area contributed by atoms with E-state index < -0.39 is 0 Å². The number of para-hydroxylation sites is 1. The van der Waals surface area contributed by atoms with Crippen LogP contribution in [0.25, 0.3) is 75.1 Å². The van der Waals surface area contributed by atoms with Gasteiger partial charge in [0.05, 0.1) is 5.69 Å². The molecule has 0 amide bonds. The highest BCUT2D eigenvalue weighted by atomic mass is 32.1. The van der Waals surface area contributed by atoms with Gasteiger partial charge >= 0.3 is 0 Å². The van der Waals surface area contributed by atoms with Crippen LogP contribution >= 0.6 is 11.3 Å². The Morgan fingerprint density at radius 3 is 1.48 bits per heavy atom. The van der Waals surface area contributed by atoms with Crippen LogP contribution in [0.15, 0.2) is 200 Å². The highest BCUT2D eigenvalue weighted by Crippen LogP contribution is 2.43. The van der Waals surface area contributed by atoms with Gasteiger partial charge in [0.25, 0.3) is 0 Å². The summed E-state index contributed by atoms with van der Waals surface area (Å²) in [7, 11) is 0. The lowest BCUT2D eigenvalue weighted by molar-refractivity contribution is 1.30. The van der Waals surface area contributed by atoms with Crippen LogP contribution in [0.3, 0.4) is 0 Å². The van der Waals surface area contributed by atoms with Crippen molar-refractivity contribution in [1.82, 2.24) is 0 Å². The van der Waals surface area contributed by atoms with Gasteiger partial charge in [-0.05, 0) is 110 Å². The van der Waals surface area contributed by atoms with Crippen LogP contribution in [0.1, 0.15) is 0 Å². The molecule has 0 radical (unpaired) electrons. The monoisotopic (exact) mass is 679 g/mol. The second-order valence-corrected chi connectivity index (χ2v) is 14.4. The highest BCUT2D eigenvalue weighted by molar-refractivity contribution is 7.25. The molecule has 0 saturated heterocycles. The summed E-state index contributed by atoms with van der Waals surface area (Å²) < 4.78 is 2.64. The van der Waals surface area contributed by atoms with Crippen LogP contribution in [-0.2, 0) is 0 Å². The Bertz CT molecular complexity index is 2890.